The maximum absolute atomic E-state index is 13.6. The number of hydrogen-bond donors (Lipinski definition) is 5. The Labute approximate surface area is 272 Å². The van der Waals surface area contributed by atoms with Crippen LogP contribution in [0.1, 0.15) is 29.5 Å². The summed E-state index contributed by atoms with van der Waals surface area (Å²) >= 11 is 0. The maximum atomic E-state index is 13.6. The van der Waals surface area contributed by atoms with Crippen molar-refractivity contribution in [3.8, 4) is 0 Å². The van der Waals surface area contributed by atoms with Crippen molar-refractivity contribution in [3.05, 3.63) is 112 Å². The van der Waals surface area contributed by atoms with Gasteiger partial charge in [0.05, 0.1) is 5.56 Å². The standard InChI is InChI=1S/C33H33F3N6O6/c34-33(35,36)24-18-28(43)48-27-17-22(13-14-23(24)27)40-29(44)25(12-7-15-39-31(37)38)41-30(45)26(16-20-8-3-1-4-9-20)42-32(46)47-19-21-10-5-2-6-11-21/h1-6,8-11,13-14,17-18,25-26H,7,12,15-16,19H2,(H,40,44)(H,41,45)(H,42,46)(H4,37,38,39)/t25-,26-/m0/s1. The van der Waals surface area contributed by atoms with E-state index in [9.17, 15) is 32.3 Å². The van der Waals surface area contributed by atoms with Gasteiger partial charge in [-0.1, -0.05) is 60.7 Å². The summed E-state index contributed by atoms with van der Waals surface area (Å²) in [5.41, 5.74) is 9.43. The summed E-state index contributed by atoms with van der Waals surface area (Å²) in [5.74, 6) is -1.62. The van der Waals surface area contributed by atoms with Gasteiger partial charge in [-0.25, -0.2) is 9.59 Å². The van der Waals surface area contributed by atoms with Crippen LogP contribution < -0.4 is 33.0 Å². The van der Waals surface area contributed by atoms with Crippen molar-refractivity contribution in [2.24, 2.45) is 16.5 Å². The summed E-state index contributed by atoms with van der Waals surface area (Å²) in [4.78, 5) is 55.5. The molecule has 0 aliphatic carbocycles. The van der Waals surface area contributed by atoms with Crippen molar-refractivity contribution >= 4 is 40.5 Å². The van der Waals surface area contributed by atoms with Crippen LogP contribution in [-0.4, -0.2) is 42.5 Å². The number of carbonyl (C=O) groups is 3. The molecular weight excluding hydrogens is 633 g/mol. The number of fused-ring (bicyclic) bond motifs is 1. The number of nitrogens with two attached hydrogens (primary N) is 2. The van der Waals surface area contributed by atoms with E-state index in [1.54, 1.807) is 54.6 Å². The molecule has 0 bridgehead atoms. The van der Waals surface area contributed by atoms with Crippen LogP contribution in [0.4, 0.5) is 23.7 Å². The third-order valence-electron chi connectivity index (χ3n) is 7.00. The summed E-state index contributed by atoms with van der Waals surface area (Å²) in [6.07, 6.45) is -5.35. The van der Waals surface area contributed by atoms with Crippen molar-refractivity contribution in [2.45, 2.75) is 44.1 Å². The normalized spacial score (nSPS) is 12.4. The lowest BCUT2D eigenvalue weighted by Gasteiger charge is -2.23. The Balaban J connectivity index is 1.54. The highest BCUT2D eigenvalue weighted by molar-refractivity contribution is 5.99. The number of benzene rings is 3. The minimum Gasteiger partial charge on any atom is -0.445 e. The first kappa shape index (κ1) is 35.0. The van der Waals surface area contributed by atoms with Gasteiger partial charge in [-0.2, -0.15) is 13.2 Å². The number of carbonyl (C=O) groups excluding carboxylic acids is 3. The van der Waals surface area contributed by atoms with E-state index < -0.39 is 52.9 Å². The fourth-order valence-electron chi connectivity index (χ4n) is 4.72. The molecule has 2 atom stereocenters. The number of hydrogen-bond acceptors (Lipinski definition) is 7. The molecule has 3 aromatic carbocycles. The van der Waals surface area contributed by atoms with Crippen molar-refractivity contribution in [3.63, 3.8) is 0 Å². The summed E-state index contributed by atoms with van der Waals surface area (Å²) in [6.45, 7) is 0.0827. The van der Waals surface area contributed by atoms with Crippen LogP contribution in [0.5, 0.6) is 0 Å². The molecule has 48 heavy (non-hydrogen) atoms. The molecule has 0 radical (unpaired) electrons. The smallest absolute Gasteiger partial charge is 0.417 e. The van der Waals surface area contributed by atoms with Gasteiger partial charge >= 0.3 is 17.9 Å². The molecule has 0 unspecified atom stereocenters. The summed E-state index contributed by atoms with van der Waals surface area (Å²) in [7, 11) is 0. The van der Waals surface area contributed by atoms with Crippen molar-refractivity contribution in [1.82, 2.24) is 10.6 Å². The topological polar surface area (TPSA) is 191 Å². The van der Waals surface area contributed by atoms with Crippen molar-refractivity contribution < 1.29 is 36.7 Å². The number of anilines is 1. The van der Waals surface area contributed by atoms with E-state index in [0.717, 1.165) is 17.7 Å². The van der Waals surface area contributed by atoms with Gasteiger partial charge < -0.3 is 36.6 Å². The molecule has 7 N–H and O–H groups in total. The lowest BCUT2D eigenvalue weighted by molar-refractivity contribution is -0.136. The van der Waals surface area contributed by atoms with Crippen LogP contribution >= 0.6 is 0 Å². The van der Waals surface area contributed by atoms with E-state index in [4.69, 9.17) is 20.6 Å². The van der Waals surface area contributed by atoms with Gasteiger partial charge in [-0.15, -0.1) is 0 Å². The zero-order valence-electron chi connectivity index (χ0n) is 25.5. The van der Waals surface area contributed by atoms with E-state index >= 15 is 0 Å². The summed E-state index contributed by atoms with van der Waals surface area (Å²) in [6, 6.07) is 19.1. The Kier molecular flexibility index (Phi) is 11.7. The monoisotopic (exact) mass is 666 g/mol. The van der Waals surface area contributed by atoms with Crippen LogP contribution in [0.3, 0.4) is 0 Å². The molecule has 4 aromatic rings. The molecule has 0 aliphatic rings. The predicted molar refractivity (Wildman–Crippen MR) is 172 cm³/mol. The molecule has 0 spiro atoms. The first-order valence-electron chi connectivity index (χ1n) is 14.7. The highest BCUT2D eigenvalue weighted by Crippen LogP contribution is 2.34. The lowest BCUT2D eigenvalue weighted by Crippen LogP contribution is -2.53. The van der Waals surface area contributed by atoms with Crippen LogP contribution in [0, 0.1) is 0 Å². The number of nitrogens with zero attached hydrogens (tertiary/aromatic N) is 1. The van der Waals surface area contributed by atoms with Gasteiger partial charge in [0.2, 0.25) is 11.8 Å². The van der Waals surface area contributed by atoms with Gasteiger partial charge in [0.1, 0.15) is 24.3 Å². The fraction of sp³-hybridized carbons (Fsp3) is 0.242. The molecule has 1 heterocycles. The van der Waals surface area contributed by atoms with Crippen molar-refractivity contribution in [2.75, 3.05) is 11.9 Å². The molecule has 0 saturated carbocycles. The molecule has 0 saturated heterocycles. The lowest BCUT2D eigenvalue weighted by atomic mass is 10.0. The number of amides is 3. The molecular formula is C33H33F3N6O6. The van der Waals surface area contributed by atoms with Crippen LogP contribution in [0.15, 0.2) is 99.1 Å². The van der Waals surface area contributed by atoms with E-state index in [1.807, 2.05) is 6.07 Å². The Hall–Kier alpha value is -5.86. The molecule has 0 aliphatic heterocycles. The molecule has 15 heteroatoms. The summed E-state index contributed by atoms with van der Waals surface area (Å²) < 4.78 is 50.7. The largest absolute Gasteiger partial charge is 0.445 e. The Morgan fingerprint density at radius 3 is 2.17 bits per heavy atom. The Morgan fingerprint density at radius 2 is 1.52 bits per heavy atom. The number of halogens is 3. The quantitative estimate of drug-likeness (QED) is 0.0616. The number of alkyl halides is 3. The highest BCUT2D eigenvalue weighted by Gasteiger charge is 2.34. The van der Waals surface area contributed by atoms with Gasteiger partial charge in [-0.3, -0.25) is 14.6 Å². The van der Waals surface area contributed by atoms with Crippen LogP contribution in [-0.2, 0) is 33.5 Å². The first-order valence-corrected chi connectivity index (χ1v) is 14.7. The predicted octanol–water partition coefficient (Wildman–Crippen LogP) is 3.83. The second kappa shape index (κ2) is 16.1. The number of nitrogens with one attached hydrogen (secondary N) is 3. The number of rotatable bonds is 13. The highest BCUT2D eigenvalue weighted by atomic mass is 19.4. The minimum atomic E-state index is -4.82. The molecule has 3 amide bonds. The third kappa shape index (κ3) is 10.3. The summed E-state index contributed by atoms with van der Waals surface area (Å²) in [5, 5.41) is 7.37. The number of alkyl carbamates (subject to hydrolysis) is 1. The van der Waals surface area contributed by atoms with Gasteiger partial charge in [0, 0.05) is 36.2 Å². The van der Waals surface area contributed by atoms with Gasteiger partial charge in [-0.05, 0) is 36.1 Å². The van der Waals surface area contributed by atoms with E-state index in [-0.39, 0.29) is 49.4 Å². The van der Waals surface area contributed by atoms with E-state index in [0.29, 0.717) is 11.6 Å². The molecule has 252 valence electrons. The third-order valence-corrected chi connectivity index (χ3v) is 7.00. The number of aliphatic imine (C=N–C) groups is 1. The Bertz CT molecular complexity index is 1810. The van der Waals surface area contributed by atoms with Crippen LogP contribution in [0.2, 0.25) is 0 Å². The first-order chi connectivity index (χ1) is 22.9. The Morgan fingerprint density at radius 1 is 0.854 bits per heavy atom. The van der Waals surface area contributed by atoms with E-state index in [1.165, 1.54) is 6.07 Å². The molecule has 1 aromatic heterocycles. The zero-order chi connectivity index (χ0) is 34.7. The van der Waals surface area contributed by atoms with Gasteiger partial charge in [0.25, 0.3) is 0 Å². The molecule has 0 fully saturated rings. The minimum absolute atomic E-state index is 0.00176. The van der Waals surface area contributed by atoms with Crippen molar-refractivity contribution in [1.29, 1.82) is 0 Å². The SMILES string of the molecule is NC(N)=NCCC[C@H](NC(=O)[C@H](Cc1ccccc1)NC(=O)OCc1ccccc1)C(=O)Nc1ccc2c(C(F)(F)F)cc(=O)oc2c1. The zero-order valence-corrected chi connectivity index (χ0v) is 25.5. The van der Waals surface area contributed by atoms with Gasteiger partial charge in [0.15, 0.2) is 5.96 Å². The maximum Gasteiger partial charge on any atom is 0.417 e. The van der Waals surface area contributed by atoms with E-state index in [2.05, 4.69) is 20.9 Å². The number of guanidine groups is 1. The number of ether oxygens (including phenoxy) is 1. The molecule has 12 nitrogen and oxygen atoms in total. The van der Waals surface area contributed by atoms with Crippen LogP contribution in [0.25, 0.3) is 11.0 Å². The fourth-order valence-corrected chi connectivity index (χ4v) is 4.72. The average Bonchev–Trinajstić information content (AvgIpc) is 3.04. The average molecular weight is 667 g/mol. The molecule has 4 rings (SSSR count). The second-order valence-corrected chi connectivity index (χ2v) is 10.6. The second-order valence-electron chi connectivity index (χ2n) is 10.6.